The molecule has 0 aromatic carbocycles. The highest BCUT2D eigenvalue weighted by Gasteiger charge is 2.46. The van der Waals surface area contributed by atoms with Gasteiger partial charge in [0.1, 0.15) is 0 Å². The third-order valence-corrected chi connectivity index (χ3v) is 3.86. The van der Waals surface area contributed by atoms with Crippen LogP contribution in [0.15, 0.2) is 0 Å². The van der Waals surface area contributed by atoms with Crippen LogP contribution >= 0.6 is 0 Å². The molecule has 0 aliphatic carbocycles. The van der Waals surface area contributed by atoms with Crippen LogP contribution in [0.2, 0.25) is 0 Å². The Hall–Kier alpha value is -0.610. The van der Waals surface area contributed by atoms with Gasteiger partial charge in [-0.3, -0.25) is 4.79 Å². The number of carbonyl (C=O) groups is 1. The minimum atomic E-state index is -0.597. The molecule has 1 N–H and O–H groups in total. The van der Waals surface area contributed by atoms with Gasteiger partial charge in [0.15, 0.2) is 5.60 Å². The fourth-order valence-corrected chi connectivity index (χ4v) is 2.69. The molecule has 4 heteroatoms. The molecule has 2 aliphatic rings. The summed E-state index contributed by atoms with van der Waals surface area (Å²) >= 11 is 0. The summed E-state index contributed by atoms with van der Waals surface area (Å²) in [6.07, 6.45) is 1.88. The lowest BCUT2D eigenvalue weighted by atomic mass is 9.93. The minimum absolute atomic E-state index is 0.172. The molecule has 0 saturated carbocycles. The second-order valence-electron chi connectivity index (χ2n) is 5.77. The third-order valence-electron chi connectivity index (χ3n) is 3.86. The number of ether oxygens (including phenoxy) is 1. The number of methoxy groups -OCH3 is 1. The lowest BCUT2D eigenvalue weighted by Crippen LogP contribution is -2.51. The SMILES string of the molecule is CO[C@@]1(C(=O)N2CCC(C)(C)C2)CCNC1. The van der Waals surface area contributed by atoms with Crippen molar-refractivity contribution in [3.8, 4) is 0 Å². The number of likely N-dealkylation sites (tertiary alicyclic amines) is 1. The molecule has 0 bridgehead atoms. The maximum absolute atomic E-state index is 12.4. The number of carbonyl (C=O) groups excluding carboxylic acids is 1. The Balaban J connectivity index is 2.07. The molecule has 2 fully saturated rings. The zero-order chi connectivity index (χ0) is 11.8. The zero-order valence-electron chi connectivity index (χ0n) is 10.5. The predicted octanol–water partition coefficient (Wildman–Crippen LogP) is 0.623. The van der Waals surface area contributed by atoms with E-state index in [1.807, 2.05) is 4.90 Å². The van der Waals surface area contributed by atoms with Crippen LogP contribution in [-0.4, -0.2) is 49.7 Å². The Kier molecular flexibility index (Phi) is 2.97. The van der Waals surface area contributed by atoms with E-state index in [0.29, 0.717) is 6.54 Å². The smallest absolute Gasteiger partial charge is 0.256 e. The molecule has 0 radical (unpaired) electrons. The second-order valence-corrected chi connectivity index (χ2v) is 5.77. The first-order valence-corrected chi connectivity index (χ1v) is 6.04. The van der Waals surface area contributed by atoms with Crippen LogP contribution in [0, 0.1) is 5.41 Å². The van der Waals surface area contributed by atoms with Gasteiger partial charge in [0, 0.05) is 26.7 Å². The van der Waals surface area contributed by atoms with E-state index in [9.17, 15) is 4.79 Å². The normalized spacial score (nSPS) is 33.3. The topological polar surface area (TPSA) is 41.6 Å². The van der Waals surface area contributed by atoms with E-state index < -0.39 is 5.60 Å². The molecule has 2 saturated heterocycles. The van der Waals surface area contributed by atoms with Crippen LogP contribution in [0.4, 0.5) is 0 Å². The Morgan fingerprint density at radius 3 is 2.56 bits per heavy atom. The summed E-state index contributed by atoms with van der Waals surface area (Å²) in [4.78, 5) is 14.4. The van der Waals surface area contributed by atoms with Crippen molar-refractivity contribution in [2.45, 2.75) is 32.3 Å². The molecule has 2 rings (SSSR count). The molecular weight excluding hydrogens is 204 g/mol. The summed E-state index contributed by atoms with van der Waals surface area (Å²) in [5, 5.41) is 3.22. The summed E-state index contributed by atoms with van der Waals surface area (Å²) in [6, 6.07) is 0. The third kappa shape index (κ3) is 1.96. The average molecular weight is 226 g/mol. The van der Waals surface area contributed by atoms with Crippen LogP contribution in [0.5, 0.6) is 0 Å². The number of nitrogens with zero attached hydrogens (tertiary/aromatic N) is 1. The van der Waals surface area contributed by atoms with E-state index in [-0.39, 0.29) is 11.3 Å². The molecule has 0 spiro atoms. The van der Waals surface area contributed by atoms with Crippen LogP contribution < -0.4 is 5.32 Å². The van der Waals surface area contributed by atoms with Gasteiger partial charge in [-0.05, 0) is 24.8 Å². The quantitative estimate of drug-likeness (QED) is 0.750. The summed E-state index contributed by atoms with van der Waals surface area (Å²) in [6.45, 7) is 7.68. The molecule has 92 valence electrons. The van der Waals surface area contributed by atoms with E-state index >= 15 is 0 Å². The van der Waals surface area contributed by atoms with Gasteiger partial charge in [0.25, 0.3) is 5.91 Å². The van der Waals surface area contributed by atoms with Crippen molar-refractivity contribution in [2.75, 3.05) is 33.3 Å². The van der Waals surface area contributed by atoms with E-state index in [4.69, 9.17) is 4.74 Å². The monoisotopic (exact) mass is 226 g/mol. The van der Waals surface area contributed by atoms with E-state index in [0.717, 1.165) is 32.5 Å². The molecule has 0 unspecified atom stereocenters. The van der Waals surface area contributed by atoms with E-state index in [1.165, 1.54) is 0 Å². The van der Waals surface area contributed by atoms with Crippen LogP contribution in [0.25, 0.3) is 0 Å². The van der Waals surface area contributed by atoms with E-state index in [2.05, 4.69) is 19.2 Å². The fraction of sp³-hybridized carbons (Fsp3) is 0.917. The lowest BCUT2D eigenvalue weighted by molar-refractivity contribution is -0.152. The highest BCUT2D eigenvalue weighted by atomic mass is 16.5. The van der Waals surface area contributed by atoms with Crippen molar-refractivity contribution in [3.63, 3.8) is 0 Å². The van der Waals surface area contributed by atoms with Gasteiger partial charge in [-0.25, -0.2) is 0 Å². The Bertz CT molecular complexity index is 283. The molecule has 0 aromatic heterocycles. The highest BCUT2D eigenvalue weighted by molar-refractivity contribution is 5.86. The van der Waals surface area contributed by atoms with Crippen molar-refractivity contribution in [1.82, 2.24) is 10.2 Å². The van der Waals surface area contributed by atoms with Crippen molar-refractivity contribution in [2.24, 2.45) is 5.41 Å². The van der Waals surface area contributed by atoms with Crippen LogP contribution in [0.1, 0.15) is 26.7 Å². The van der Waals surface area contributed by atoms with Crippen molar-refractivity contribution in [1.29, 1.82) is 0 Å². The van der Waals surface area contributed by atoms with Crippen molar-refractivity contribution < 1.29 is 9.53 Å². The van der Waals surface area contributed by atoms with Gasteiger partial charge >= 0.3 is 0 Å². The average Bonchev–Trinajstić information content (AvgIpc) is 2.84. The van der Waals surface area contributed by atoms with Gasteiger partial charge in [-0.2, -0.15) is 0 Å². The number of nitrogens with one attached hydrogen (secondary N) is 1. The standard InChI is InChI=1S/C12H22N2O2/c1-11(2)5-7-14(9-11)10(15)12(16-3)4-6-13-8-12/h13H,4-9H2,1-3H3/t12-/m0/s1. The highest BCUT2D eigenvalue weighted by Crippen LogP contribution is 2.32. The van der Waals surface area contributed by atoms with Gasteiger partial charge in [-0.1, -0.05) is 13.8 Å². The van der Waals surface area contributed by atoms with Gasteiger partial charge < -0.3 is 15.0 Å². The number of hydrogen-bond donors (Lipinski definition) is 1. The fourth-order valence-electron chi connectivity index (χ4n) is 2.69. The number of hydrogen-bond acceptors (Lipinski definition) is 3. The molecular formula is C12H22N2O2. The molecule has 1 amide bonds. The molecule has 1 atom stereocenters. The largest absolute Gasteiger partial charge is 0.367 e. The van der Waals surface area contributed by atoms with Crippen LogP contribution in [0.3, 0.4) is 0 Å². The summed E-state index contributed by atoms with van der Waals surface area (Å²) in [5.41, 5.74) is -0.336. The molecule has 0 aromatic rings. The lowest BCUT2D eigenvalue weighted by Gasteiger charge is -2.31. The van der Waals surface area contributed by atoms with Crippen molar-refractivity contribution in [3.05, 3.63) is 0 Å². The summed E-state index contributed by atoms with van der Waals surface area (Å²) in [5.74, 6) is 0.172. The second kappa shape index (κ2) is 4.00. The summed E-state index contributed by atoms with van der Waals surface area (Å²) < 4.78 is 5.49. The van der Waals surface area contributed by atoms with E-state index in [1.54, 1.807) is 7.11 Å². The summed E-state index contributed by atoms with van der Waals surface area (Å²) in [7, 11) is 1.64. The van der Waals surface area contributed by atoms with Crippen LogP contribution in [-0.2, 0) is 9.53 Å². The maximum atomic E-state index is 12.4. The Labute approximate surface area is 97.3 Å². The van der Waals surface area contributed by atoms with Gasteiger partial charge in [0.2, 0.25) is 0 Å². The Morgan fingerprint density at radius 2 is 2.12 bits per heavy atom. The van der Waals surface area contributed by atoms with Crippen molar-refractivity contribution >= 4 is 5.91 Å². The maximum Gasteiger partial charge on any atom is 0.256 e. The molecule has 16 heavy (non-hydrogen) atoms. The first-order valence-electron chi connectivity index (χ1n) is 6.04. The predicted molar refractivity (Wildman–Crippen MR) is 62.2 cm³/mol. The van der Waals surface area contributed by atoms with Gasteiger partial charge in [-0.15, -0.1) is 0 Å². The molecule has 4 nitrogen and oxygen atoms in total. The zero-order valence-corrected chi connectivity index (χ0v) is 10.5. The molecule has 2 heterocycles. The Morgan fingerprint density at radius 1 is 1.38 bits per heavy atom. The molecule has 2 aliphatic heterocycles. The van der Waals surface area contributed by atoms with Gasteiger partial charge in [0.05, 0.1) is 0 Å². The minimum Gasteiger partial charge on any atom is -0.367 e. The number of amides is 1. The first kappa shape index (κ1) is 11.9. The number of rotatable bonds is 2. The first-order chi connectivity index (χ1) is 7.49.